The molecule has 0 aromatic rings. The van der Waals surface area contributed by atoms with Gasteiger partial charge in [0.15, 0.2) is 5.78 Å². The zero-order valence-electron chi connectivity index (χ0n) is 10.3. The van der Waals surface area contributed by atoms with Gasteiger partial charge in [0.1, 0.15) is 0 Å². The lowest BCUT2D eigenvalue weighted by molar-refractivity contribution is -0.131. The molecule has 1 heterocycles. The first kappa shape index (κ1) is 13.2. The second kappa shape index (κ2) is 5.99. The van der Waals surface area contributed by atoms with Crippen LogP contribution in [0, 0.1) is 11.8 Å². The van der Waals surface area contributed by atoms with Gasteiger partial charge >= 0.3 is 0 Å². The van der Waals surface area contributed by atoms with Gasteiger partial charge in [-0.05, 0) is 18.8 Å². The minimum atomic E-state index is -0.332. The molecule has 1 rings (SSSR count). The van der Waals surface area contributed by atoms with E-state index in [9.17, 15) is 9.59 Å². The third-order valence-electron chi connectivity index (χ3n) is 2.97. The number of hydrogen-bond donors (Lipinski definition) is 1. The van der Waals surface area contributed by atoms with Crippen molar-refractivity contribution in [2.45, 2.75) is 39.7 Å². The van der Waals surface area contributed by atoms with Crippen molar-refractivity contribution in [2.24, 2.45) is 11.8 Å². The molecule has 0 unspecified atom stereocenters. The minimum Gasteiger partial charge on any atom is -0.381 e. The molecule has 1 N–H and O–H groups in total. The molecule has 1 saturated heterocycles. The number of Topliss-reactive ketones (excluding diaryl/α,β-unsaturated/α-hetero) is 1. The molecule has 4 nitrogen and oxygen atoms in total. The summed E-state index contributed by atoms with van der Waals surface area (Å²) in [5.74, 6) is 0.180. The summed E-state index contributed by atoms with van der Waals surface area (Å²) in [6.45, 7) is 6.57. The highest BCUT2D eigenvalue weighted by molar-refractivity contribution is 5.89. The van der Waals surface area contributed by atoms with Crippen molar-refractivity contribution >= 4 is 11.7 Å². The first-order valence-electron chi connectivity index (χ1n) is 5.91. The molecular formula is C12H21NO3. The van der Waals surface area contributed by atoms with Crippen LogP contribution in [0.4, 0.5) is 0 Å². The van der Waals surface area contributed by atoms with Crippen molar-refractivity contribution in [1.29, 1.82) is 0 Å². The Morgan fingerprint density at radius 2 is 1.81 bits per heavy atom. The molecular weight excluding hydrogens is 206 g/mol. The van der Waals surface area contributed by atoms with Gasteiger partial charge in [0.05, 0.1) is 6.04 Å². The van der Waals surface area contributed by atoms with Crippen LogP contribution in [0.15, 0.2) is 0 Å². The summed E-state index contributed by atoms with van der Waals surface area (Å²) >= 11 is 0. The second-order valence-corrected chi connectivity index (χ2v) is 4.69. The predicted molar refractivity (Wildman–Crippen MR) is 61.0 cm³/mol. The number of nitrogens with one attached hydrogen (secondary N) is 1. The summed E-state index contributed by atoms with van der Waals surface area (Å²) in [5, 5.41) is 2.79. The Balaban J connectivity index is 2.68. The van der Waals surface area contributed by atoms with Gasteiger partial charge in [-0.3, -0.25) is 9.59 Å². The van der Waals surface area contributed by atoms with E-state index < -0.39 is 0 Å². The molecule has 0 spiro atoms. The lowest BCUT2D eigenvalue weighted by Crippen LogP contribution is -2.48. The fraction of sp³-hybridized carbons (Fsp3) is 0.833. The van der Waals surface area contributed by atoms with Crippen LogP contribution in [0.2, 0.25) is 0 Å². The maximum atomic E-state index is 12.0. The van der Waals surface area contributed by atoms with Gasteiger partial charge in [-0.25, -0.2) is 0 Å². The highest BCUT2D eigenvalue weighted by Gasteiger charge is 2.31. The molecule has 1 aliphatic heterocycles. The normalized spacial score (nSPS) is 19.5. The molecule has 92 valence electrons. The van der Waals surface area contributed by atoms with Gasteiger partial charge in [0.2, 0.25) is 5.91 Å². The van der Waals surface area contributed by atoms with E-state index in [-0.39, 0.29) is 29.6 Å². The van der Waals surface area contributed by atoms with E-state index in [1.54, 1.807) is 0 Å². The summed E-state index contributed by atoms with van der Waals surface area (Å²) < 4.78 is 5.27. The summed E-state index contributed by atoms with van der Waals surface area (Å²) in [7, 11) is 0. The number of carbonyl (C=O) groups is 2. The van der Waals surface area contributed by atoms with E-state index in [0.29, 0.717) is 13.2 Å². The van der Waals surface area contributed by atoms with E-state index in [1.807, 2.05) is 13.8 Å². The third-order valence-corrected chi connectivity index (χ3v) is 2.97. The van der Waals surface area contributed by atoms with Crippen LogP contribution in [0.5, 0.6) is 0 Å². The van der Waals surface area contributed by atoms with Crippen molar-refractivity contribution in [3.63, 3.8) is 0 Å². The van der Waals surface area contributed by atoms with Crippen LogP contribution in [-0.2, 0) is 14.3 Å². The van der Waals surface area contributed by atoms with Gasteiger partial charge in [0.25, 0.3) is 0 Å². The first-order valence-corrected chi connectivity index (χ1v) is 5.91. The Morgan fingerprint density at radius 3 is 2.25 bits per heavy atom. The van der Waals surface area contributed by atoms with Gasteiger partial charge in [-0.1, -0.05) is 13.8 Å². The average Bonchev–Trinajstić information content (AvgIpc) is 2.26. The Kier molecular flexibility index (Phi) is 4.93. The number of hydrogen-bond acceptors (Lipinski definition) is 3. The molecule has 0 aliphatic carbocycles. The van der Waals surface area contributed by atoms with E-state index in [4.69, 9.17) is 4.74 Å². The molecule has 0 bridgehead atoms. The van der Waals surface area contributed by atoms with E-state index in [2.05, 4.69) is 5.32 Å². The van der Waals surface area contributed by atoms with Crippen molar-refractivity contribution in [3.05, 3.63) is 0 Å². The minimum absolute atomic E-state index is 0.0419. The topological polar surface area (TPSA) is 55.4 Å². The van der Waals surface area contributed by atoms with Crippen molar-refractivity contribution in [3.8, 4) is 0 Å². The number of carbonyl (C=O) groups excluding carboxylic acids is 2. The zero-order valence-corrected chi connectivity index (χ0v) is 10.3. The molecule has 16 heavy (non-hydrogen) atoms. The molecule has 4 heteroatoms. The molecule has 1 atom stereocenters. The Bertz CT molecular complexity index is 257. The fourth-order valence-electron chi connectivity index (χ4n) is 2.05. The maximum Gasteiger partial charge on any atom is 0.217 e. The van der Waals surface area contributed by atoms with E-state index >= 15 is 0 Å². The van der Waals surface area contributed by atoms with E-state index in [1.165, 1.54) is 6.92 Å². The van der Waals surface area contributed by atoms with Gasteiger partial charge in [0, 0.05) is 26.1 Å². The van der Waals surface area contributed by atoms with Gasteiger partial charge in [-0.2, -0.15) is 0 Å². The van der Waals surface area contributed by atoms with Crippen LogP contribution in [0.1, 0.15) is 33.6 Å². The fourth-order valence-corrected chi connectivity index (χ4v) is 2.05. The monoisotopic (exact) mass is 227 g/mol. The number of rotatable bonds is 4. The molecule has 0 radical (unpaired) electrons. The third kappa shape index (κ3) is 3.59. The molecule has 1 amide bonds. The molecule has 1 aliphatic rings. The van der Waals surface area contributed by atoms with Crippen LogP contribution in [0.3, 0.4) is 0 Å². The number of ether oxygens (including phenoxy) is 1. The summed E-state index contributed by atoms with van der Waals surface area (Å²) in [4.78, 5) is 23.2. The zero-order chi connectivity index (χ0) is 12.1. The first-order chi connectivity index (χ1) is 7.52. The summed E-state index contributed by atoms with van der Waals surface area (Å²) in [6, 6.07) is -0.332. The SMILES string of the molecule is CC(=O)N[C@@H](C(=O)C(C)C)C1CCOCC1. The quantitative estimate of drug-likeness (QED) is 0.783. The van der Waals surface area contributed by atoms with Gasteiger partial charge < -0.3 is 10.1 Å². The van der Waals surface area contributed by atoms with Gasteiger partial charge in [-0.15, -0.1) is 0 Å². The standard InChI is InChI=1S/C12H21NO3/c1-8(2)12(15)11(13-9(3)14)10-4-6-16-7-5-10/h8,10-11H,4-7H2,1-3H3,(H,13,14)/t11-/m1/s1. The Morgan fingerprint density at radius 1 is 1.25 bits per heavy atom. The number of amides is 1. The molecule has 0 aromatic heterocycles. The highest BCUT2D eigenvalue weighted by Crippen LogP contribution is 2.21. The van der Waals surface area contributed by atoms with Crippen LogP contribution < -0.4 is 5.32 Å². The van der Waals surface area contributed by atoms with Crippen LogP contribution in [0.25, 0.3) is 0 Å². The largest absolute Gasteiger partial charge is 0.381 e. The molecule has 0 aromatic carbocycles. The van der Waals surface area contributed by atoms with Crippen molar-refractivity contribution in [2.75, 3.05) is 13.2 Å². The van der Waals surface area contributed by atoms with Crippen molar-refractivity contribution < 1.29 is 14.3 Å². The average molecular weight is 227 g/mol. The lowest BCUT2D eigenvalue weighted by Gasteiger charge is -2.30. The summed E-state index contributed by atoms with van der Waals surface area (Å²) in [6.07, 6.45) is 1.70. The molecule has 1 fully saturated rings. The van der Waals surface area contributed by atoms with Crippen molar-refractivity contribution in [1.82, 2.24) is 5.32 Å². The van der Waals surface area contributed by atoms with Crippen LogP contribution >= 0.6 is 0 Å². The Labute approximate surface area is 96.7 Å². The summed E-state index contributed by atoms with van der Waals surface area (Å²) in [5.41, 5.74) is 0. The molecule has 0 saturated carbocycles. The Hall–Kier alpha value is -0.900. The smallest absolute Gasteiger partial charge is 0.217 e. The number of ketones is 1. The predicted octanol–water partition coefficient (Wildman–Crippen LogP) is 1.14. The van der Waals surface area contributed by atoms with Crippen LogP contribution in [-0.4, -0.2) is 30.9 Å². The van der Waals surface area contributed by atoms with E-state index in [0.717, 1.165) is 12.8 Å². The maximum absolute atomic E-state index is 12.0. The highest BCUT2D eigenvalue weighted by atomic mass is 16.5. The lowest BCUT2D eigenvalue weighted by atomic mass is 9.85. The second-order valence-electron chi connectivity index (χ2n) is 4.69.